The molecule has 1 aliphatic rings. The number of ether oxygens (including phenoxy) is 6. The molecular formula is C34H34N2O6. The van der Waals surface area contributed by atoms with Gasteiger partial charge in [-0.2, -0.15) is 0 Å². The summed E-state index contributed by atoms with van der Waals surface area (Å²) in [6.07, 6.45) is 3.56. The van der Waals surface area contributed by atoms with Gasteiger partial charge in [0.25, 0.3) is 0 Å². The standard InChI is InChI=1S/C34H34N2O6/c1-5-13-31-27(9-1)25-35-29-11-3-7-15-33(29)41-23-19-38-20-24-42-34-16-8-4-12-30(34)36-26-28-10-2-6-14-32(28)40-22-18-37-17-21-39-31/h1-16,25-26H,17-24H2. The zero-order valence-electron chi connectivity index (χ0n) is 23.4. The van der Waals surface area contributed by atoms with Crippen molar-refractivity contribution in [2.45, 2.75) is 0 Å². The van der Waals surface area contributed by atoms with Gasteiger partial charge in [0.15, 0.2) is 0 Å². The number of hydrogen-bond acceptors (Lipinski definition) is 8. The van der Waals surface area contributed by atoms with Crippen LogP contribution in [0.25, 0.3) is 0 Å². The molecule has 0 aromatic heterocycles. The third-order valence-corrected chi connectivity index (χ3v) is 6.19. The monoisotopic (exact) mass is 566 g/mol. The van der Waals surface area contributed by atoms with Crippen LogP contribution in [0.5, 0.6) is 23.0 Å². The zero-order chi connectivity index (χ0) is 28.7. The van der Waals surface area contributed by atoms with Gasteiger partial charge in [0, 0.05) is 23.6 Å². The molecule has 0 radical (unpaired) electrons. The molecule has 0 aliphatic carbocycles. The van der Waals surface area contributed by atoms with Crippen LogP contribution in [0.1, 0.15) is 11.1 Å². The predicted octanol–water partition coefficient (Wildman–Crippen LogP) is 6.45. The number of fused-ring (bicyclic) bond motifs is 4. The van der Waals surface area contributed by atoms with Crippen LogP contribution < -0.4 is 18.9 Å². The molecule has 0 amide bonds. The van der Waals surface area contributed by atoms with E-state index < -0.39 is 0 Å². The van der Waals surface area contributed by atoms with E-state index in [0.29, 0.717) is 64.4 Å². The van der Waals surface area contributed by atoms with Crippen LogP contribution in [-0.4, -0.2) is 65.3 Å². The number of rotatable bonds is 0. The summed E-state index contributed by atoms with van der Waals surface area (Å²) in [4.78, 5) is 9.33. The fourth-order valence-electron chi connectivity index (χ4n) is 4.13. The molecule has 0 unspecified atom stereocenters. The number of benzene rings is 4. The van der Waals surface area contributed by atoms with Gasteiger partial charge in [-0.1, -0.05) is 48.5 Å². The molecule has 0 atom stereocenters. The van der Waals surface area contributed by atoms with Crippen molar-refractivity contribution in [3.63, 3.8) is 0 Å². The van der Waals surface area contributed by atoms with Crippen molar-refractivity contribution in [3.05, 3.63) is 108 Å². The molecule has 0 N–H and O–H groups in total. The highest BCUT2D eigenvalue weighted by Crippen LogP contribution is 2.29. The first-order valence-electron chi connectivity index (χ1n) is 14.0. The quantitative estimate of drug-likeness (QED) is 0.243. The van der Waals surface area contributed by atoms with Crippen LogP contribution in [0, 0.1) is 0 Å². The summed E-state index contributed by atoms with van der Waals surface area (Å²) < 4.78 is 35.4. The molecule has 0 fully saturated rings. The van der Waals surface area contributed by atoms with Gasteiger partial charge < -0.3 is 28.4 Å². The normalized spacial score (nSPS) is 15.2. The van der Waals surface area contributed by atoms with E-state index in [1.807, 2.05) is 97.1 Å². The molecule has 8 nitrogen and oxygen atoms in total. The molecule has 5 rings (SSSR count). The molecule has 1 aliphatic heterocycles. The molecule has 42 heavy (non-hydrogen) atoms. The van der Waals surface area contributed by atoms with Crippen LogP contribution >= 0.6 is 0 Å². The topological polar surface area (TPSA) is 80.1 Å². The van der Waals surface area contributed by atoms with Crippen LogP contribution in [-0.2, 0) is 9.47 Å². The average Bonchev–Trinajstić information content (AvgIpc) is 3.03. The van der Waals surface area contributed by atoms with Gasteiger partial charge in [0.2, 0.25) is 0 Å². The lowest BCUT2D eigenvalue weighted by Gasteiger charge is -2.12. The molecule has 8 heteroatoms. The van der Waals surface area contributed by atoms with E-state index in [-0.39, 0.29) is 0 Å². The van der Waals surface area contributed by atoms with Gasteiger partial charge in [0.05, 0.1) is 26.4 Å². The van der Waals surface area contributed by atoms with Crippen LogP contribution in [0.15, 0.2) is 107 Å². The molecule has 4 aromatic rings. The average molecular weight is 567 g/mol. The molecule has 0 saturated heterocycles. The Morgan fingerprint density at radius 1 is 0.357 bits per heavy atom. The molecule has 4 aromatic carbocycles. The van der Waals surface area contributed by atoms with Gasteiger partial charge >= 0.3 is 0 Å². The number of aliphatic imine (C=N–C) groups is 2. The maximum absolute atomic E-state index is 5.99. The first-order valence-corrected chi connectivity index (χ1v) is 14.0. The summed E-state index contributed by atoms with van der Waals surface area (Å²) in [6, 6.07) is 30.8. The van der Waals surface area contributed by atoms with Crippen LogP contribution in [0.2, 0.25) is 0 Å². The van der Waals surface area contributed by atoms with E-state index in [2.05, 4.69) is 9.98 Å². The Kier molecular flexibility index (Phi) is 11.0. The van der Waals surface area contributed by atoms with Gasteiger partial charge in [0.1, 0.15) is 60.8 Å². The summed E-state index contributed by atoms with van der Waals surface area (Å²) in [5.41, 5.74) is 3.17. The highest BCUT2D eigenvalue weighted by Gasteiger charge is 2.06. The lowest BCUT2D eigenvalue weighted by Crippen LogP contribution is -2.13. The summed E-state index contributed by atoms with van der Waals surface area (Å²) in [5.74, 6) is 2.81. The first-order chi connectivity index (χ1) is 20.9. The minimum Gasteiger partial charge on any atom is -0.491 e. The van der Waals surface area contributed by atoms with Crippen molar-refractivity contribution in [2.24, 2.45) is 9.98 Å². The number of para-hydroxylation sites is 6. The smallest absolute Gasteiger partial charge is 0.145 e. The Balaban J connectivity index is 1.28. The van der Waals surface area contributed by atoms with Crippen molar-refractivity contribution in [1.82, 2.24) is 0 Å². The summed E-state index contributed by atoms with van der Waals surface area (Å²) in [6.45, 7) is 3.24. The Morgan fingerprint density at radius 3 is 1.12 bits per heavy atom. The zero-order valence-corrected chi connectivity index (χ0v) is 23.4. The van der Waals surface area contributed by atoms with Crippen molar-refractivity contribution in [2.75, 3.05) is 52.9 Å². The lowest BCUT2D eigenvalue weighted by molar-refractivity contribution is 0.0763. The maximum atomic E-state index is 5.99. The molecule has 1 heterocycles. The number of nitrogens with zero attached hydrogens (tertiary/aromatic N) is 2. The summed E-state index contributed by atoms with van der Waals surface area (Å²) in [5, 5.41) is 0. The minimum absolute atomic E-state index is 0.384. The highest BCUT2D eigenvalue weighted by molar-refractivity contribution is 5.86. The van der Waals surface area contributed by atoms with Gasteiger partial charge in [-0.3, -0.25) is 9.98 Å². The van der Waals surface area contributed by atoms with Crippen LogP contribution in [0.4, 0.5) is 11.4 Å². The SMILES string of the molecule is C1=Nc2ccccc2OCCOCCOc2ccccc2N=Cc2ccccc2OCCOCCOc2ccccc21. The maximum Gasteiger partial charge on any atom is 0.145 e. The van der Waals surface area contributed by atoms with E-state index in [0.717, 1.165) is 34.0 Å². The molecular weight excluding hydrogens is 532 g/mol. The van der Waals surface area contributed by atoms with Gasteiger partial charge in [-0.25, -0.2) is 0 Å². The van der Waals surface area contributed by atoms with E-state index >= 15 is 0 Å². The van der Waals surface area contributed by atoms with Crippen molar-refractivity contribution >= 4 is 23.8 Å². The Labute approximate surface area is 246 Å². The minimum atomic E-state index is 0.384. The van der Waals surface area contributed by atoms with Crippen molar-refractivity contribution in [1.29, 1.82) is 0 Å². The second kappa shape index (κ2) is 16.0. The first kappa shape index (κ1) is 28.9. The largest absolute Gasteiger partial charge is 0.491 e. The van der Waals surface area contributed by atoms with E-state index in [1.165, 1.54) is 0 Å². The number of hydrogen-bond donors (Lipinski definition) is 0. The Morgan fingerprint density at radius 2 is 0.690 bits per heavy atom. The van der Waals surface area contributed by atoms with Crippen LogP contribution in [0.3, 0.4) is 0 Å². The highest BCUT2D eigenvalue weighted by atomic mass is 16.6. The molecule has 0 saturated carbocycles. The molecule has 0 spiro atoms. The molecule has 0 bridgehead atoms. The fraction of sp³-hybridized carbons (Fsp3) is 0.235. The second-order valence-corrected chi connectivity index (χ2v) is 9.15. The fourth-order valence-corrected chi connectivity index (χ4v) is 4.13. The summed E-state index contributed by atoms with van der Waals surface area (Å²) >= 11 is 0. The Bertz CT molecular complexity index is 1250. The van der Waals surface area contributed by atoms with Crippen molar-refractivity contribution < 1.29 is 28.4 Å². The predicted molar refractivity (Wildman–Crippen MR) is 164 cm³/mol. The van der Waals surface area contributed by atoms with E-state index in [1.54, 1.807) is 12.4 Å². The Hall–Kier alpha value is -4.66. The van der Waals surface area contributed by atoms with Crippen molar-refractivity contribution in [3.8, 4) is 23.0 Å². The van der Waals surface area contributed by atoms with E-state index in [9.17, 15) is 0 Å². The third-order valence-electron chi connectivity index (χ3n) is 6.19. The van der Waals surface area contributed by atoms with E-state index in [4.69, 9.17) is 28.4 Å². The van der Waals surface area contributed by atoms with Gasteiger partial charge in [-0.15, -0.1) is 0 Å². The third kappa shape index (κ3) is 8.67. The lowest BCUT2D eigenvalue weighted by atomic mass is 10.2. The molecule has 216 valence electrons. The second-order valence-electron chi connectivity index (χ2n) is 9.15. The summed E-state index contributed by atoms with van der Waals surface area (Å²) in [7, 11) is 0. The van der Waals surface area contributed by atoms with Gasteiger partial charge in [-0.05, 0) is 48.5 Å².